The molecule has 0 aliphatic heterocycles. The number of aryl methyl sites for hydroxylation is 1. The smallest absolute Gasteiger partial charge is 0.246 e. The fourth-order valence-electron chi connectivity index (χ4n) is 3.10. The third kappa shape index (κ3) is 4.89. The van der Waals surface area contributed by atoms with E-state index in [0.29, 0.717) is 35.5 Å². The number of carbonyl (C=O) groups excluding carboxylic acids is 1. The predicted octanol–water partition coefficient (Wildman–Crippen LogP) is 4.67. The molecule has 0 saturated heterocycles. The molecule has 0 aliphatic rings. The van der Waals surface area contributed by atoms with Crippen molar-refractivity contribution in [3.05, 3.63) is 64.6 Å². The number of fused-ring (bicyclic) bond motifs is 1. The lowest BCUT2D eigenvalue weighted by atomic mass is 10.2. The number of aromatic nitrogens is 2. The van der Waals surface area contributed by atoms with Gasteiger partial charge in [-0.15, -0.1) is 0 Å². The Kier molecular flexibility index (Phi) is 6.90. The molecule has 2 aromatic carbocycles. The van der Waals surface area contributed by atoms with E-state index in [-0.39, 0.29) is 5.91 Å². The topological polar surface area (TPSA) is 64.5 Å². The Balaban J connectivity index is 1.75. The van der Waals surface area contributed by atoms with Crippen LogP contribution >= 0.6 is 11.6 Å². The second-order valence-electron chi connectivity index (χ2n) is 6.74. The van der Waals surface area contributed by atoms with Gasteiger partial charge in [0.05, 0.1) is 30.8 Å². The maximum absolute atomic E-state index is 12.6. The molecule has 0 aliphatic carbocycles. The number of hydrogen-bond donors (Lipinski definition) is 0. The largest absolute Gasteiger partial charge is 0.491 e. The van der Waals surface area contributed by atoms with Crippen molar-refractivity contribution >= 4 is 34.5 Å². The molecule has 0 fully saturated rings. The van der Waals surface area contributed by atoms with Crippen LogP contribution < -0.4 is 9.47 Å². The number of halogens is 1. The van der Waals surface area contributed by atoms with E-state index in [2.05, 4.69) is 9.97 Å². The molecule has 156 valence electrons. The van der Waals surface area contributed by atoms with Crippen molar-refractivity contribution < 1.29 is 14.3 Å². The molecule has 7 heteroatoms. The van der Waals surface area contributed by atoms with Crippen molar-refractivity contribution in [3.8, 4) is 11.5 Å². The minimum Gasteiger partial charge on any atom is -0.491 e. The van der Waals surface area contributed by atoms with E-state index in [9.17, 15) is 4.79 Å². The summed E-state index contributed by atoms with van der Waals surface area (Å²) in [5.41, 5.74) is 2.50. The van der Waals surface area contributed by atoms with Gasteiger partial charge >= 0.3 is 0 Å². The van der Waals surface area contributed by atoms with Crippen LogP contribution in [0.15, 0.2) is 42.5 Å². The van der Waals surface area contributed by atoms with Crippen LogP contribution in [-0.4, -0.2) is 41.5 Å². The van der Waals surface area contributed by atoms with E-state index >= 15 is 0 Å². The molecule has 6 nitrogen and oxygen atoms in total. The van der Waals surface area contributed by atoms with Crippen molar-refractivity contribution in [2.24, 2.45) is 0 Å². The summed E-state index contributed by atoms with van der Waals surface area (Å²) in [6.07, 6.45) is 3.18. The van der Waals surface area contributed by atoms with Gasteiger partial charge in [0.25, 0.3) is 0 Å². The lowest BCUT2D eigenvalue weighted by Gasteiger charge is -2.15. The highest BCUT2D eigenvalue weighted by molar-refractivity contribution is 6.32. The van der Waals surface area contributed by atoms with Crippen LogP contribution in [0.3, 0.4) is 0 Å². The van der Waals surface area contributed by atoms with Gasteiger partial charge in [0.1, 0.15) is 5.82 Å². The van der Waals surface area contributed by atoms with Crippen LogP contribution in [0.4, 0.5) is 0 Å². The first-order chi connectivity index (χ1) is 14.4. The predicted molar refractivity (Wildman–Crippen MR) is 119 cm³/mol. The standard InChI is InChI=1S/C23H24ClN3O3/c1-5-30-20-13-16(12-18(24)23(20)29-4)10-11-22(28)27(3)14-21-25-15(2)17-8-6-7-9-19(17)26-21/h6-13H,5,14H2,1-4H3/b11-10+. The Bertz CT molecular complexity index is 1100. The third-order valence-corrected chi connectivity index (χ3v) is 4.83. The zero-order valence-corrected chi connectivity index (χ0v) is 18.2. The fraction of sp³-hybridized carbons (Fsp3) is 0.261. The maximum atomic E-state index is 12.6. The average molecular weight is 426 g/mol. The lowest BCUT2D eigenvalue weighted by Crippen LogP contribution is -2.25. The van der Waals surface area contributed by atoms with Crippen LogP contribution in [0.2, 0.25) is 5.02 Å². The van der Waals surface area contributed by atoms with Gasteiger partial charge in [0, 0.05) is 24.2 Å². The Morgan fingerprint density at radius 3 is 2.73 bits per heavy atom. The Labute approximate surface area is 181 Å². The van der Waals surface area contributed by atoms with Gasteiger partial charge in [0.2, 0.25) is 5.91 Å². The Morgan fingerprint density at radius 2 is 2.00 bits per heavy atom. The Morgan fingerprint density at radius 1 is 1.23 bits per heavy atom. The van der Waals surface area contributed by atoms with Crippen molar-refractivity contribution in [1.82, 2.24) is 14.9 Å². The molecule has 1 heterocycles. The SMILES string of the molecule is CCOc1cc(/C=C/C(=O)N(C)Cc2nc(C)c3ccccc3n2)cc(Cl)c1OC. The molecule has 0 atom stereocenters. The molecule has 0 bridgehead atoms. The van der Waals surface area contributed by atoms with Crippen LogP contribution in [0.5, 0.6) is 11.5 Å². The van der Waals surface area contributed by atoms with E-state index in [1.165, 1.54) is 13.2 Å². The van der Waals surface area contributed by atoms with Gasteiger partial charge in [-0.3, -0.25) is 4.79 Å². The maximum Gasteiger partial charge on any atom is 0.246 e. The molecule has 3 rings (SSSR count). The number of rotatable bonds is 7. The lowest BCUT2D eigenvalue weighted by molar-refractivity contribution is -0.125. The molecule has 0 unspecified atom stereocenters. The summed E-state index contributed by atoms with van der Waals surface area (Å²) in [6, 6.07) is 11.3. The number of carbonyl (C=O) groups is 1. The van der Waals surface area contributed by atoms with Gasteiger partial charge in [-0.05, 0) is 43.7 Å². The number of hydrogen-bond acceptors (Lipinski definition) is 5. The van der Waals surface area contributed by atoms with Crippen LogP contribution in [-0.2, 0) is 11.3 Å². The molecule has 0 saturated carbocycles. The number of para-hydroxylation sites is 1. The summed E-state index contributed by atoms with van der Waals surface area (Å²) in [7, 11) is 3.25. The highest BCUT2D eigenvalue weighted by Crippen LogP contribution is 2.36. The van der Waals surface area contributed by atoms with E-state index < -0.39 is 0 Å². The first-order valence-electron chi connectivity index (χ1n) is 9.58. The molecule has 0 N–H and O–H groups in total. The van der Waals surface area contributed by atoms with Crippen molar-refractivity contribution in [2.45, 2.75) is 20.4 Å². The molecular weight excluding hydrogens is 402 g/mol. The van der Waals surface area contributed by atoms with Gasteiger partial charge in [-0.25, -0.2) is 9.97 Å². The van der Waals surface area contributed by atoms with Crippen LogP contribution in [0.25, 0.3) is 17.0 Å². The minimum absolute atomic E-state index is 0.172. The van der Waals surface area contributed by atoms with Gasteiger partial charge in [-0.1, -0.05) is 29.8 Å². The average Bonchev–Trinajstić information content (AvgIpc) is 2.72. The van der Waals surface area contributed by atoms with Crippen LogP contribution in [0, 0.1) is 6.92 Å². The van der Waals surface area contributed by atoms with Crippen molar-refractivity contribution in [2.75, 3.05) is 20.8 Å². The summed E-state index contributed by atoms with van der Waals surface area (Å²) in [6.45, 7) is 4.61. The molecule has 1 aromatic heterocycles. The number of methoxy groups -OCH3 is 1. The highest BCUT2D eigenvalue weighted by atomic mass is 35.5. The second-order valence-corrected chi connectivity index (χ2v) is 7.14. The molecule has 1 amide bonds. The van der Waals surface area contributed by atoms with Crippen molar-refractivity contribution in [1.29, 1.82) is 0 Å². The molecule has 30 heavy (non-hydrogen) atoms. The summed E-state index contributed by atoms with van der Waals surface area (Å²) in [5.74, 6) is 1.44. The number of benzene rings is 2. The summed E-state index contributed by atoms with van der Waals surface area (Å²) >= 11 is 6.27. The van der Waals surface area contributed by atoms with E-state index in [0.717, 1.165) is 22.2 Å². The number of ether oxygens (including phenoxy) is 2. The first kappa shape index (κ1) is 21.6. The van der Waals surface area contributed by atoms with Gasteiger partial charge < -0.3 is 14.4 Å². The zero-order valence-electron chi connectivity index (χ0n) is 17.5. The van der Waals surface area contributed by atoms with E-state index in [1.54, 1.807) is 30.2 Å². The first-order valence-corrected chi connectivity index (χ1v) is 9.96. The van der Waals surface area contributed by atoms with E-state index in [1.807, 2.05) is 38.1 Å². The summed E-state index contributed by atoms with van der Waals surface area (Å²) in [5, 5.41) is 1.43. The normalized spacial score (nSPS) is 11.1. The number of nitrogens with zero attached hydrogens (tertiary/aromatic N) is 3. The summed E-state index contributed by atoms with van der Waals surface area (Å²) in [4.78, 5) is 23.2. The Hall–Kier alpha value is -3.12. The number of likely N-dealkylation sites (N-methyl/N-ethyl adjacent to an activating group) is 1. The quantitative estimate of drug-likeness (QED) is 0.514. The summed E-state index contributed by atoms with van der Waals surface area (Å²) < 4.78 is 10.9. The van der Waals surface area contributed by atoms with Gasteiger partial charge in [-0.2, -0.15) is 0 Å². The van der Waals surface area contributed by atoms with Gasteiger partial charge in [0.15, 0.2) is 11.5 Å². The minimum atomic E-state index is -0.172. The molecular formula is C23H24ClN3O3. The monoisotopic (exact) mass is 425 g/mol. The fourth-order valence-corrected chi connectivity index (χ4v) is 3.39. The molecule has 0 spiro atoms. The zero-order chi connectivity index (χ0) is 21.7. The highest BCUT2D eigenvalue weighted by Gasteiger charge is 2.12. The second kappa shape index (κ2) is 9.59. The van der Waals surface area contributed by atoms with Crippen molar-refractivity contribution in [3.63, 3.8) is 0 Å². The molecule has 3 aromatic rings. The number of amides is 1. The van der Waals surface area contributed by atoms with E-state index in [4.69, 9.17) is 21.1 Å². The molecule has 0 radical (unpaired) electrons. The third-order valence-electron chi connectivity index (χ3n) is 4.55. The van der Waals surface area contributed by atoms with Crippen LogP contribution in [0.1, 0.15) is 24.0 Å².